The van der Waals surface area contributed by atoms with Crippen LogP contribution >= 0.6 is 11.8 Å². The van der Waals surface area contributed by atoms with Crippen molar-refractivity contribution >= 4 is 44.1 Å². The maximum atomic E-state index is 9.61. The molecule has 0 bridgehead atoms. The Bertz CT molecular complexity index is 1830. The van der Waals surface area contributed by atoms with Gasteiger partial charge in [0.2, 0.25) is 5.69 Å². The summed E-state index contributed by atoms with van der Waals surface area (Å²) in [7, 11) is 2.19. The van der Waals surface area contributed by atoms with Gasteiger partial charge in [0.05, 0.1) is 22.4 Å². The highest BCUT2D eigenvalue weighted by Crippen LogP contribution is 2.53. The molecule has 4 aromatic carbocycles. The molecule has 3 heteroatoms. The van der Waals surface area contributed by atoms with Gasteiger partial charge in [0, 0.05) is 21.2 Å². The highest BCUT2D eigenvalue weighted by molar-refractivity contribution is 8.00. The summed E-state index contributed by atoms with van der Waals surface area (Å²) in [5, 5.41) is 17.5. The normalized spacial score (nSPS) is 13.2. The molecule has 1 aromatic heterocycles. The van der Waals surface area contributed by atoms with Crippen molar-refractivity contribution in [2.75, 3.05) is 0 Å². The first-order chi connectivity index (χ1) is 18.0. The monoisotopic (exact) mass is 515 g/mol. The van der Waals surface area contributed by atoms with Crippen LogP contribution in [0.5, 0.6) is 0 Å². The van der Waals surface area contributed by atoms with E-state index in [4.69, 9.17) is 0 Å². The molecule has 0 N–H and O–H groups in total. The molecule has 0 saturated heterocycles. The van der Waals surface area contributed by atoms with Gasteiger partial charge < -0.3 is 0 Å². The summed E-state index contributed by atoms with van der Waals surface area (Å²) in [6.45, 7) is 13.4. The molecular weight excluding hydrogens is 480 g/mol. The molecule has 2 nitrogen and oxygen atoms in total. The van der Waals surface area contributed by atoms with Gasteiger partial charge in [-0.3, -0.25) is 0 Å². The molecule has 190 valence electrons. The summed E-state index contributed by atoms with van der Waals surface area (Å²) in [4.78, 5) is 2.75. The lowest BCUT2D eigenvalue weighted by Crippen LogP contribution is -2.32. The quantitative estimate of drug-likeness (QED) is 0.174. The van der Waals surface area contributed by atoms with E-state index in [2.05, 4.69) is 106 Å². The molecule has 2 heterocycles. The lowest BCUT2D eigenvalue weighted by Gasteiger charge is -2.28. The second kappa shape index (κ2) is 8.58. The van der Waals surface area contributed by atoms with E-state index >= 15 is 0 Å². The Morgan fingerprint density at radius 1 is 0.868 bits per heavy atom. The number of nitriles is 1. The van der Waals surface area contributed by atoms with Crippen LogP contribution in [0.4, 0.5) is 0 Å². The number of hydrogen-bond acceptors (Lipinski definition) is 2. The van der Waals surface area contributed by atoms with Gasteiger partial charge in [-0.1, -0.05) is 75.0 Å². The molecule has 6 rings (SSSR count). The second-order valence-corrected chi connectivity index (χ2v) is 13.9. The Kier molecular flexibility index (Phi) is 5.64. The van der Waals surface area contributed by atoms with Crippen LogP contribution in [0.15, 0.2) is 70.6 Å². The molecule has 0 atom stereocenters. The summed E-state index contributed by atoms with van der Waals surface area (Å²) < 4.78 is 2.32. The number of aromatic nitrogens is 1. The molecule has 1 aliphatic heterocycles. The van der Waals surface area contributed by atoms with E-state index in [9.17, 15) is 5.26 Å². The summed E-state index contributed by atoms with van der Waals surface area (Å²) >= 11 is 1.96. The van der Waals surface area contributed by atoms with Crippen molar-refractivity contribution < 1.29 is 4.57 Å². The molecule has 0 amide bonds. The van der Waals surface area contributed by atoms with Crippen molar-refractivity contribution in [3.05, 3.63) is 77.5 Å². The van der Waals surface area contributed by atoms with Gasteiger partial charge in [-0.2, -0.15) is 5.26 Å². The fourth-order valence-corrected chi connectivity index (χ4v) is 7.58. The van der Waals surface area contributed by atoms with Gasteiger partial charge in [0.25, 0.3) is 0 Å². The summed E-state index contributed by atoms with van der Waals surface area (Å²) in [5.74, 6) is 0. The average molecular weight is 516 g/mol. The van der Waals surface area contributed by atoms with Crippen LogP contribution in [0.3, 0.4) is 0 Å². The van der Waals surface area contributed by atoms with E-state index in [0.717, 1.165) is 12.8 Å². The number of hydrogen-bond donors (Lipinski definition) is 0. The van der Waals surface area contributed by atoms with E-state index in [1.54, 1.807) is 0 Å². The van der Waals surface area contributed by atoms with Gasteiger partial charge in [0.1, 0.15) is 7.05 Å². The first-order valence-electron chi connectivity index (χ1n) is 13.5. The molecule has 1 aliphatic rings. The van der Waals surface area contributed by atoms with Crippen LogP contribution < -0.4 is 4.57 Å². The minimum absolute atomic E-state index is 0.178. The third kappa shape index (κ3) is 3.98. The first kappa shape index (κ1) is 25.0. The maximum Gasteiger partial charge on any atom is 0.222 e. The number of fused-ring (bicyclic) bond motifs is 5. The summed E-state index contributed by atoms with van der Waals surface area (Å²) in [6.07, 6.45) is 4.00. The number of rotatable bonds is 3. The number of aryl methyl sites for hydroxylation is 2. The highest BCUT2D eigenvalue weighted by Gasteiger charge is 2.33. The molecule has 5 aromatic rings. The van der Waals surface area contributed by atoms with E-state index in [0.29, 0.717) is 0 Å². The van der Waals surface area contributed by atoms with Gasteiger partial charge >= 0.3 is 0 Å². The predicted octanol–water partition coefficient (Wildman–Crippen LogP) is 9.09. The zero-order valence-corrected chi connectivity index (χ0v) is 24.3. The average Bonchev–Trinajstić information content (AvgIpc) is 2.87. The van der Waals surface area contributed by atoms with E-state index in [1.807, 2.05) is 25.6 Å². The molecule has 0 fully saturated rings. The van der Waals surface area contributed by atoms with Crippen LogP contribution in [0.2, 0.25) is 0 Å². The topological polar surface area (TPSA) is 27.7 Å². The van der Waals surface area contributed by atoms with Crippen molar-refractivity contribution in [1.82, 2.24) is 0 Å². The Morgan fingerprint density at radius 3 is 2.32 bits per heavy atom. The molecular formula is C35H35N2S+. The number of benzene rings is 4. The molecule has 38 heavy (non-hydrogen) atoms. The van der Waals surface area contributed by atoms with Crippen LogP contribution in [-0.2, 0) is 19.9 Å². The van der Waals surface area contributed by atoms with Crippen molar-refractivity contribution in [1.29, 1.82) is 5.26 Å². The fraction of sp³-hybridized carbons (Fsp3) is 0.314. The Hall–Kier alpha value is -3.35. The number of nitrogens with zero attached hydrogens (tertiary/aromatic N) is 2. The smallest absolute Gasteiger partial charge is 0.200 e. The molecule has 0 radical (unpaired) electrons. The Balaban J connectivity index is 1.70. The largest absolute Gasteiger partial charge is 0.222 e. The zero-order valence-electron chi connectivity index (χ0n) is 23.5. The van der Waals surface area contributed by atoms with E-state index in [1.165, 1.54) is 70.1 Å². The molecule has 0 unspecified atom stereocenters. The second-order valence-electron chi connectivity index (χ2n) is 12.9. The number of pyridine rings is 1. The van der Waals surface area contributed by atoms with Crippen molar-refractivity contribution in [3.8, 4) is 17.3 Å². The minimum atomic E-state index is -0.386. The van der Waals surface area contributed by atoms with E-state index in [-0.39, 0.29) is 10.8 Å². The maximum absolute atomic E-state index is 9.61. The molecule has 0 spiro atoms. The van der Waals surface area contributed by atoms with Gasteiger partial charge in [-0.05, 0) is 83.3 Å². The standard InChI is InChI=1S/C35H35N2S/c1-21-24-10-8-9-11-25(24)28(19-34(2,3)4)33-30(21)32-31-26(14-15-37(32)7)27-16-22(18-35(5,6)20-36)12-13-23(27)17-29(31)38-33/h8-17H,18-19H2,1-7H3/q+1. The van der Waals surface area contributed by atoms with Gasteiger partial charge in [-0.25, -0.2) is 4.57 Å². The van der Waals surface area contributed by atoms with Crippen molar-refractivity contribution in [2.45, 2.75) is 64.2 Å². The van der Waals surface area contributed by atoms with Crippen LogP contribution in [-0.4, -0.2) is 0 Å². The minimum Gasteiger partial charge on any atom is -0.200 e. The first-order valence-corrected chi connectivity index (χ1v) is 14.3. The molecule has 0 saturated carbocycles. The van der Waals surface area contributed by atoms with Crippen LogP contribution in [0, 0.1) is 29.1 Å². The predicted molar refractivity (Wildman–Crippen MR) is 161 cm³/mol. The van der Waals surface area contributed by atoms with Gasteiger partial charge in [-0.15, -0.1) is 0 Å². The van der Waals surface area contributed by atoms with Crippen molar-refractivity contribution in [2.24, 2.45) is 17.9 Å². The molecule has 0 aliphatic carbocycles. The lowest BCUT2D eigenvalue weighted by molar-refractivity contribution is -0.659. The third-order valence-corrected chi connectivity index (χ3v) is 9.10. The zero-order chi connectivity index (χ0) is 27.0. The lowest BCUT2D eigenvalue weighted by atomic mass is 9.83. The van der Waals surface area contributed by atoms with E-state index < -0.39 is 0 Å². The Morgan fingerprint density at radius 2 is 1.61 bits per heavy atom. The highest BCUT2D eigenvalue weighted by atomic mass is 32.2. The summed E-state index contributed by atoms with van der Waals surface area (Å²) in [5.41, 5.74) is 6.53. The van der Waals surface area contributed by atoms with Crippen LogP contribution in [0.1, 0.15) is 51.3 Å². The van der Waals surface area contributed by atoms with Crippen molar-refractivity contribution in [3.63, 3.8) is 0 Å². The fourth-order valence-electron chi connectivity index (χ4n) is 6.20. The van der Waals surface area contributed by atoms with Gasteiger partial charge in [0.15, 0.2) is 6.20 Å². The SMILES string of the molecule is Cc1c2c(c(CC(C)(C)C)c3ccccc13)Sc1cc3ccc(CC(C)(C)C#N)cc3c3cc[n+](C)c-2c13. The van der Waals surface area contributed by atoms with Crippen LogP contribution in [0.25, 0.3) is 43.6 Å². The Labute approximate surface area is 230 Å². The summed E-state index contributed by atoms with van der Waals surface area (Å²) in [6, 6.07) is 22.9. The third-order valence-electron chi connectivity index (χ3n) is 7.90.